The average Bonchev–Trinajstić information content (AvgIpc) is 2.76. The first-order valence-electron chi connectivity index (χ1n) is 5.73. The summed E-state index contributed by atoms with van der Waals surface area (Å²) in [5.74, 6) is 1.14. The van der Waals surface area contributed by atoms with E-state index in [0.29, 0.717) is 45.4 Å². The lowest BCUT2D eigenvalue weighted by Crippen LogP contribution is -1.99. The molecule has 0 bridgehead atoms. The second-order valence-corrected chi connectivity index (χ2v) is 4.49. The zero-order valence-corrected chi connectivity index (χ0v) is 12.1. The van der Waals surface area contributed by atoms with Crippen LogP contribution in [0.15, 0.2) is 12.1 Å². The molecular formula is C13H14ClN3O3. The van der Waals surface area contributed by atoms with Gasteiger partial charge in [0.1, 0.15) is 5.82 Å². The first-order chi connectivity index (χ1) is 9.53. The van der Waals surface area contributed by atoms with Crippen molar-refractivity contribution in [1.82, 2.24) is 9.78 Å². The summed E-state index contributed by atoms with van der Waals surface area (Å²) in [7, 11) is 4.64. The highest BCUT2D eigenvalue weighted by Crippen LogP contribution is 2.44. The molecule has 20 heavy (non-hydrogen) atoms. The summed E-state index contributed by atoms with van der Waals surface area (Å²) in [6, 6.07) is 3.18. The molecule has 6 nitrogen and oxygen atoms in total. The van der Waals surface area contributed by atoms with Crippen molar-refractivity contribution in [3.63, 3.8) is 0 Å². The Morgan fingerprint density at radius 2 is 1.95 bits per heavy atom. The minimum Gasteiger partial charge on any atom is -0.492 e. The van der Waals surface area contributed by atoms with Gasteiger partial charge in [-0.1, -0.05) is 11.6 Å². The maximum atomic E-state index is 11.1. The molecule has 2 N–H and O–H groups in total. The van der Waals surface area contributed by atoms with Crippen LogP contribution >= 0.6 is 11.6 Å². The van der Waals surface area contributed by atoms with Crippen LogP contribution in [0, 0.1) is 0 Å². The fourth-order valence-corrected chi connectivity index (χ4v) is 2.26. The molecule has 0 radical (unpaired) electrons. The zero-order valence-electron chi connectivity index (χ0n) is 11.3. The molecule has 0 fully saturated rings. The monoisotopic (exact) mass is 295 g/mol. The molecule has 1 aromatic heterocycles. The molecule has 0 saturated heterocycles. The van der Waals surface area contributed by atoms with Crippen LogP contribution in [0.3, 0.4) is 0 Å². The van der Waals surface area contributed by atoms with E-state index in [4.69, 9.17) is 26.8 Å². The summed E-state index contributed by atoms with van der Waals surface area (Å²) >= 11 is 6.23. The lowest BCUT2D eigenvalue weighted by Gasteiger charge is -2.14. The van der Waals surface area contributed by atoms with E-state index in [0.717, 1.165) is 0 Å². The van der Waals surface area contributed by atoms with Crippen molar-refractivity contribution < 1.29 is 14.3 Å². The number of hydrogen-bond donors (Lipinski definition) is 1. The Morgan fingerprint density at radius 3 is 2.40 bits per heavy atom. The molecule has 106 valence electrons. The number of carbonyl (C=O) groups excluding carboxylic acids is 1. The molecule has 0 amide bonds. The molecule has 2 rings (SSSR count). The van der Waals surface area contributed by atoms with Crippen molar-refractivity contribution in [2.75, 3.05) is 20.0 Å². The Labute approximate surface area is 121 Å². The van der Waals surface area contributed by atoms with Gasteiger partial charge in [0.25, 0.3) is 0 Å². The van der Waals surface area contributed by atoms with E-state index in [9.17, 15) is 4.79 Å². The Balaban J connectivity index is 2.78. The van der Waals surface area contributed by atoms with Crippen molar-refractivity contribution in [2.45, 2.75) is 0 Å². The first-order valence-corrected chi connectivity index (χ1v) is 6.10. The maximum Gasteiger partial charge on any atom is 0.172 e. The average molecular weight is 296 g/mol. The Morgan fingerprint density at radius 1 is 1.30 bits per heavy atom. The fraction of sp³-hybridized carbons (Fsp3) is 0.231. The van der Waals surface area contributed by atoms with E-state index >= 15 is 0 Å². The van der Waals surface area contributed by atoms with Crippen LogP contribution < -0.4 is 15.2 Å². The Kier molecular flexibility index (Phi) is 3.85. The number of aldehydes is 1. The Bertz CT molecular complexity index is 648. The van der Waals surface area contributed by atoms with Gasteiger partial charge in [0.15, 0.2) is 17.8 Å². The number of nitrogens with zero attached hydrogens (tertiary/aromatic N) is 2. The number of nitrogen functional groups attached to an aromatic ring is 1. The van der Waals surface area contributed by atoms with Crippen LogP contribution in [0.2, 0.25) is 5.02 Å². The van der Waals surface area contributed by atoms with E-state index in [1.165, 1.54) is 25.0 Å². The summed E-state index contributed by atoms with van der Waals surface area (Å²) in [6.45, 7) is 0. The third-order valence-corrected chi connectivity index (χ3v) is 3.22. The van der Waals surface area contributed by atoms with Crippen molar-refractivity contribution in [3.8, 4) is 22.8 Å². The number of benzene rings is 1. The molecule has 0 aliphatic rings. The predicted molar refractivity (Wildman–Crippen MR) is 76.6 cm³/mol. The summed E-state index contributed by atoms with van der Waals surface area (Å²) in [6.07, 6.45) is 0.657. The summed E-state index contributed by atoms with van der Waals surface area (Å²) < 4.78 is 12.1. The zero-order chi connectivity index (χ0) is 14.9. The molecule has 0 aliphatic heterocycles. The minimum absolute atomic E-state index is 0.307. The second-order valence-electron chi connectivity index (χ2n) is 4.09. The van der Waals surface area contributed by atoms with Crippen LogP contribution in [0.25, 0.3) is 11.3 Å². The molecule has 7 heteroatoms. The molecule has 2 aromatic rings. The number of rotatable bonds is 4. The third kappa shape index (κ3) is 2.18. The van der Waals surface area contributed by atoms with Crippen LogP contribution in [-0.4, -0.2) is 30.3 Å². The molecule has 1 heterocycles. The molecular weight excluding hydrogens is 282 g/mol. The molecule has 1 aromatic carbocycles. The smallest absolute Gasteiger partial charge is 0.172 e. The standard InChI is InChI=1S/C13H14ClN3O3/c1-17-10(15)5-9(16-17)11-8(14)4-7(6-18)12(19-2)13(11)20-3/h4-6H,15H2,1-3H3. The number of methoxy groups -OCH3 is 2. The lowest BCUT2D eigenvalue weighted by atomic mass is 10.1. The van der Waals surface area contributed by atoms with Crippen LogP contribution in [-0.2, 0) is 7.05 Å². The van der Waals surface area contributed by atoms with Gasteiger partial charge < -0.3 is 15.2 Å². The molecule has 0 aliphatic carbocycles. The topological polar surface area (TPSA) is 79.4 Å². The van der Waals surface area contributed by atoms with Crippen molar-refractivity contribution >= 4 is 23.7 Å². The highest BCUT2D eigenvalue weighted by molar-refractivity contribution is 6.34. The van der Waals surface area contributed by atoms with Gasteiger partial charge in [-0.05, 0) is 6.07 Å². The van der Waals surface area contributed by atoms with Gasteiger partial charge in [0.05, 0.1) is 36.1 Å². The predicted octanol–water partition coefficient (Wildman–Crippen LogP) is 2.15. The summed E-state index contributed by atoms with van der Waals surface area (Å²) in [5, 5.41) is 4.60. The second kappa shape index (κ2) is 5.42. The number of carbonyl (C=O) groups is 1. The van der Waals surface area contributed by atoms with E-state index in [1.54, 1.807) is 13.1 Å². The van der Waals surface area contributed by atoms with E-state index in [1.807, 2.05) is 0 Å². The molecule has 0 spiro atoms. The van der Waals surface area contributed by atoms with Gasteiger partial charge in [-0.15, -0.1) is 0 Å². The van der Waals surface area contributed by atoms with E-state index < -0.39 is 0 Å². The normalized spacial score (nSPS) is 10.4. The minimum atomic E-state index is 0.307. The van der Waals surface area contributed by atoms with Crippen LogP contribution in [0.4, 0.5) is 5.82 Å². The highest BCUT2D eigenvalue weighted by atomic mass is 35.5. The van der Waals surface area contributed by atoms with Gasteiger partial charge in [-0.25, -0.2) is 0 Å². The van der Waals surface area contributed by atoms with Gasteiger partial charge >= 0.3 is 0 Å². The van der Waals surface area contributed by atoms with E-state index in [-0.39, 0.29) is 0 Å². The van der Waals surface area contributed by atoms with Crippen molar-refractivity contribution in [2.24, 2.45) is 7.05 Å². The first kappa shape index (κ1) is 14.2. The molecule has 0 unspecified atom stereocenters. The maximum absolute atomic E-state index is 11.1. The summed E-state index contributed by atoms with van der Waals surface area (Å²) in [5.41, 5.74) is 7.16. The number of anilines is 1. The molecule has 0 atom stereocenters. The lowest BCUT2D eigenvalue weighted by molar-refractivity contribution is 0.112. The van der Waals surface area contributed by atoms with Crippen LogP contribution in [0.1, 0.15) is 10.4 Å². The number of aryl methyl sites for hydroxylation is 1. The van der Waals surface area contributed by atoms with Crippen LogP contribution in [0.5, 0.6) is 11.5 Å². The highest BCUT2D eigenvalue weighted by Gasteiger charge is 2.22. The number of halogens is 1. The number of nitrogens with two attached hydrogens (primary N) is 1. The Hall–Kier alpha value is -2.21. The SMILES string of the molecule is COc1c(C=O)cc(Cl)c(-c2cc(N)n(C)n2)c1OC. The molecule has 0 saturated carbocycles. The summed E-state index contributed by atoms with van der Waals surface area (Å²) in [4.78, 5) is 11.1. The quantitative estimate of drug-likeness (QED) is 0.874. The van der Waals surface area contributed by atoms with Gasteiger partial charge in [0, 0.05) is 13.1 Å². The van der Waals surface area contributed by atoms with Gasteiger partial charge in [-0.2, -0.15) is 5.10 Å². The number of ether oxygens (including phenoxy) is 2. The van der Waals surface area contributed by atoms with Gasteiger partial charge in [-0.3, -0.25) is 9.48 Å². The largest absolute Gasteiger partial charge is 0.492 e. The van der Waals surface area contributed by atoms with Crippen molar-refractivity contribution in [3.05, 3.63) is 22.7 Å². The third-order valence-electron chi connectivity index (χ3n) is 2.92. The van der Waals surface area contributed by atoms with Crippen molar-refractivity contribution in [1.29, 1.82) is 0 Å². The fourth-order valence-electron chi connectivity index (χ4n) is 1.96. The number of hydrogen-bond acceptors (Lipinski definition) is 5. The number of aromatic nitrogens is 2. The van der Waals surface area contributed by atoms with Gasteiger partial charge in [0.2, 0.25) is 0 Å². The van der Waals surface area contributed by atoms with E-state index in [2.05, 4.69) is 5.10 Å².